The first-order valence-electron chi connectivity index (χ1n) is 4.25. The molecule has 0 aliphatic carbocycles. The number of halogens is 1. The number of nitrogens with two attached hydrogens (primary N) is 1. The largest absolute Gasteiger partial charge is 0.480 e. The summed E-state index contributed by atoms with van der Waals surface area (Å²) >= 11 is 0. The van der Waals surface area contributed by atoms with Gasteiger partial charge in [0.1, 0.15) is 11.6 Å². The summed E-state index contributed by atoms with van der Waals surface area (Å²) in [5.74, 6) is -1.06. The molecule has 1 rings (SSSR count). The molecule has 1 aromatic rings. The van der Waals surface area contributed by atoms with Gasteiger partial charge in [0.15, 0.2) is 12.4 Å². The summed E-state index contributed by atoms with van der Waals surface area (Å²) in [6.07, 6.45) is -0.416. The second-order valence-electron chi connectivity index (χ2n) is 2.96. The third-order valence-corrected chi connectivity index (χ3v) is 1.80. The van der Waals surface area contributed by atoms with Gasteiger partial charge in [-0.15, -0.1) is 0 Å². The summed E-state index contributed by atoms with van der Waals surface area (Å²) in [4.78, 5) is 21.3. The van der Waals surface area contributed by atoms with E-state index in [4.69, 9.17) is 10.5 Å². The van der Waals surface area contributed by atoms with Gasteiger partial charge in [-0.3, -0.25) is 9.59 Å². The Morgan fingerprint density at radius 3 is 2.80 bits per heavy atom. The van der Waals surface area contributed by atoms with Gasteiger partial charge in [0.05, 0.1) is 5.56 Å². The lowest BCUT2D eigenvalue weighted by Gasteiger charge is -2.12. The van der Waals surface area contributed by atoms with Crippen molar-refractivity contribution in [2.75, 3.05) is 0 Å². The predicted molar refractivity (Wildman–Crippen MR) is 51.1 cm³/mol. The molecular formula is C10H10FNO3. The molecule has 1 unspecified atom stereocenters. The SMILES string of the molecule is CC(Oc1ccc(F)cc1C=O)C(N)=O. The molecule has 4 nitrogen and oxygen atoms in total. The van der Waals surface area contributed by atoms with E-state index >= 15 is 0 Å². The van der Waals surface area contributed by atoms with Crippen LogP contribution in [0.5, 0.6) is 5.75 Å². The molecule has 0 aliphatic heterocycles. The van der Waals surface area contributed by atoms with E-state index in [1.807, 2.05) is 0 Å². The smallest absolute Gasteiger partial charge is 0.258 e. The molecule has 0 heterocycles. The zero-order chi connectivity index (χ0) is 11.4. The molecule has 0 radical (unpaired) electrons. The first kappa shape index (κ1) is 11.2. The Balaban J connectivity index is 2.94. The predicted octanol–water partition coefficient (Wildman–Crippen LogP) is 0.891. The molecule has 0 bridgehead atoms. The van der Waals surface area contributed by atoms with Gasteiger partial charge in [-0.2, -0.15) is 0 Å². The van der Waals surface area contributed by atoms with Crippen molar-refractivity contribution in [3.8, 4) is 5.75 Å². The van der Waals surface area contributed by atoms with Crippen LogP contribution in [0.2, 0.25) is 0 Å². The van der Waals surface area contributed by atoms with E-state index < -0.39 is 17.8 Å². The Bertz CT molecular complexity index is 392. The average Bonchev–Trinajstić information content (AvgIpc) is 2.20. The number of aldehydes is 1. The highest BCUT2D eigenvalue weighted by Gasteiger charge is 2.13. The van der Waals surface area contributed by atoms with Gasteiger partial charge < -0.3 is 10.5 Å². The molecule has 15 heavy (non-hydrogen) atoms. The molecule has 1 amide bonds. The van der Waals surface area contributed by atoms with Gasteiger partial charge in [0.2, 0.25) is 0 Å². The lowest BCUT2D eigenvalue weighted by Crippen LogP contribution is -2.30. The Labute approximate surface area is 85.8 Å². The van der Waals surface area contributed by atoms with Crippen LogP contribution in [0.25, 0.3) is 0 Å². The highest BCUT2D eigenvalue weighted by molar-refractivity contribution is 5.81. The van der Waals surface area contributed by atoms with Gasteiger partial charge in [0.25, 0.3) is 5.91 Å². The van der Waals surface area contributed by atoms with Gasteiger partial charge in [-0.1, -0.05) is 0 Å². The van der Waals surface area contributed by atoms with Crippen LogP contribution in [-0.4, -0.2) is 18.3 Å². The summed E-state index contributed by atoms with van der Waals surface area (Å²) < 4.78 is 17.8. The van der Waals surface area contributed by atoms with Crippen LogP contribution in [0, 0.1) is 5.82 Å². The number of hydrogen-bond donors (Lipinski definition) is 1. The van der Waals surface area contributed by atoms with Gasteiger partial charge >= 0.3 is 0 Å². The van der Waals surface area contributed by atoms with Gasteiger partial charge in [-0.05, 0) is 25.1 Å². The Morgan fingerprint density at radius 1 is 1.60 bits per heavy atom. The van der Waals surface area contributed by atoms with Crippen LogP contribution in [0.4, 0.5) is 4.39 Å². The average molecular weight is 211 g/mol. The molecule has 0 fully saturated rings. The molecule has 0 spiro atoms. The summed E-state index contributed by atoms with van der Waals surface area (Å²) in [6, 6.07) is 3.44. The molecule has 80 valence electrons. The van der Waals surface area contributed by atoms with Crippen molar-refractivity contribution in [1.82, 2.24) is 0 Å². The van der Waals surface area contributed by atoms with Crippen molar-refractivity contribution in [3.63, 3.8) is 0 Å². The minimum atomic E-state index is -0.867. The second kappa shape index (κ2) is 4.54. The number of primary amides is 1. The number of carbonyl (C=O) groups is 2. The van der Waals surface area contributed by atoms with Crippen LogP contribution >= 0.6 is 0 Å². The molecule has 0 saturated heterocycles. The molecule has 0 saturated carbocycles. The minimum Gasteiger partial charge on any atom is -0.480 e. The Morgan fingerprint density at radius 2 is 2.27 bits per heavy atom. The van der Waals surface area contributed by atoms with E-state index in [2.05, 4.69) is 0 Å². The quantitative estimate of drug-likeness (QED) is 0.752. The topological polar surface area (TPSA) is 69.4 Å². The molecule has 2 N–H and O–H groups in total. The van der Waals surface area contributed by atoms with Crippen molar-refractivity contribution < 1.29 is 18.7 Å². The maximum atomic E-state index is 12.7. The minimum absolute atomic E-state index is 0.0445. The second-order valence-corrected chi connectivity index (χ2v) is 2.96. The lowest BCUT2D eigenvalue weighted by molar-refractivity contribution is -0.123. The molecule has 1 atom stereocenters. The zero-order valence-electron chi connectivity index (χ0n) is 8.07. The van der Waals surface area contributed by atoms with Gasteiger partial charge in [0, 0.05) is 0 Å². The molecule has 5 heteroatoms. The van der Waals surface area contributed by atoms with Crippen LogP contribution in [0.3, 0.4) is 0 Å². The first-order valence-corrected chi connectivity index (χ1v) is 4.25. The lowest BCUT2D eigenvalue weighted by atomic mass is 10.2. The number of rotatable bonds is 4. The number of carbonyl (C=O) groups excluding carboxylic acids is 2. The highest BCUT2D eigenvalue weighted by Crippen LogP contribution is 2.18. The summed E-state index contributed by atoms with van der Waals surface area (Å²) in [7, 11) is 0. The molecule has 1 aromatic carbocycles. The number of amides is 1. The van der Waals surface area contributed by atoms with Crippen molar-refractivity contribution in [2.45, 2.75) is 13.0 Å². The molecule has 0 aromatic heterocycles. The molecule has 0 aliphatic rings. The standard InChI is InChI=1S/C10H10FNO3/c1-6(10(12)14)15-9-3-2-8(11)4-7(9)5-13/h2-6H,1H3,(H2,12,14). The fraction of sp³-hybridized carbons (Fsp3) is 0.200. The van der Waals surface area contributed by atoms with Crippen LogP contribution < -0.4 is 10.5 Å². The monoisotopic (exact) mass is 211 g/mol. The van der Waals surface area contributed by atoms with Crippen molar-refractivity contribution in [3.05, 3.63) is 29.6 Å². The fourth-order valence-corrected chi connectivity index (χ4v) is 0.967. The number of hydrogen-bond acceptors (Lipinski definition) is 3. The van der Waals surface area contributed by atoms with E-state index in [9.17, 15) is 14.0 Å². The fourth-order valence-electron chi connectivity index (χ4n) is 0.967. The third-order valence-electron chi connectivity index (χ3n) is 1.80. The summed E-state index contributed by atoms with van der Waals surface area (Å²) in [5, 5.41) is 0. The third kappa shape index (κ3) is 2.77. The normalized spacial score (nSPS) is 11.9. The van der Waals surface area contributed by atoms with Crippen molar-refractivity contribution >= 4 is 12.2 Å². The van der Waals surface area contributed by atoms with E-state index in [-0.39, 0.29) is 11.3 Å². The maximum absolute atomic E-state index is 12.7. The van der Waals surface area contributed by atoms with E-state index in [1.165, 1.54) is 13.0 Å². The van der Waals surface area contributed by atoms with E-state index in [0.29, 0.717) is 6.29 Å². The van der Waals surface area contributed by atoms with Crippen LogP contribution in [-0.2, 0) is 4.79 Å². The molecular weight excluding hydrogens is 201 g/mol. The number of benzene rings is 1. The summed E-state index contributed by atoms with van der Waals surface area (Å²) in [6.45, 7) is 1.44. The zero-order valence-corrected chi connectivity index (χ0v) is 8.07. The summed E-state index contributed by atoms with van der Waals surface area (Å²) in [5.41, 5.74) is 5.02. The first-order chi connectivity index (χ1) is 7.04. The van der Waals surface area contributed by atoms with Gasteiger partial charge in [-0.25, -0.2) is 4.39 Å². The number of ether oxygens (including phenoxy) is 1. The van der Waals surface area contributed by atoms with Crippen LogP contribution in [0.1, 0.15) is 17.3 Å². The Hall–Kier alpha value is -1.91. The van der Waals surface area contributed by atoms with Crippen molar-refractivity contribution in [2.24, 2.45) is 5.73 Å². The van der Waals surface area contributed by atoms with Crippen LogP contribution in [0.15, 0.2) is 18.2 Å². The Kier molecular flexibility index (Phi) is 3.38. The van der Waals surface area contributed by atoms with E-state index in [1.54, 1.807) is 0 Å². The van der Waals surface area contributed by atoms with Crippen molar-refractivity contribution in [1.29, 1.82) is 0 Å². The maximum Gasteiger partial charge on any atom is 0.258 e. The highest BCUT2D eigenvalue weighted by atomic mass is 19.1. The van der Waals surface area contributed by atoms with E-state index in [0.717, 1.165) is 12.1 Å².